The van der Waals surface area contributed by atoms with Crippen LogP contribution in [0, 0.1) is 13.8 Å². The first-order valence-corrected chi connectivity index (χ1v) is 7.33. The van der Waals surface area contributed by atoms with Crippen LogP contribution < -0.4 is 10.6 Å². The topological polar surface area (TPSA) is 91.6 Å². The molecular weight excluding hydrogens is 296 g/mol. The molecule has 1 heterocycles. The number of amides is 2. The Bertz CT molecular complexity index is 660. The SMILES string of the molecule is Cc1cc(C)cc(NC(=O)C(=O)NCCC(O)c2ccoc2)c1. The third-order valence-electron chi connectivity index (χ3n) is 3.32. The Morgan fingerprint density at radius 2 is 1.87 bits per heavy atom. The number of aliphatic hydroxyl groups is 1. The maximum atomic E-state index is 11.8. The lowest BCUT2D eigenvalue weighted by molar-refractivity contribution is -0.136. The number of aliphatic hydroxyl groups excluding tert-OH is 1. The summed E-state index contributed by atoms with van der Waals surface area (Å²) in [6, 6.07) is 7.22. The summed E-state index contributed by atoms with van der Waals surface area (Å²) in [6.45, 7) is 4.02. The van der Waals surface area contributed by atoms with Crippen molar-refractivity contribution in [2.24, 2.45) is 0 Å². The van der Waals surface area contributed by atoms with Crippen molar-refractivity contribution in [3.8, 4) is 0 Å². The average Bonchev–Trinajstić information content (AvgIpc) is 3.00. The van der Waals surface area contributed by atoms with Crippen LogP contribution in [0.25, 0.3) is 0 Å². The first-order chi connectivity index (χ1) is 11.0. The number of rotatable bonds is 5. The largest absolute Gasteiger partial charge is 0.472 e. The van der Waals surface area contributed by atoms with Crippen molar-refractivity contribution in [2.75, 3.05) is 11.9 Å². The summed E-state index contributed by atoms with van der Waals surface area (Å²) in [5.41, 5.74) is 3.23. The van der Waals surface area contributed by atoms with Gasteiger partial charge in [-0.1, -0.05) is 6.07 Å². The Morgan fingerprint density at radius 1 is 1.17 bits per heavy atom. The Morgan fingerprint density at radius 3 is 2.48 bits per heavy atom. The van der Waals surface area contributed by atoms with Crippen molar-refractivity contribution in [3.05, 3.63) is 53.5 Å². The molecule has 0 radical (unpaired) electrons. The zero-order chi connectivity index (χ0) is 16.8. The predicted molar refractivity (Wildman–Crippen MR) is 85.8 cm³/mol. The minimum absolute atomic E-state index is 0.186. The highest BCUT2D eigenvalue weighted by atomic mass is 16.3. The second-order valence-corrected chi connectivity index (χ2v) is 5.45. The lowest BCUT2D eigenvalue weighted by atomic mass is 10.1. The van der Waals surface area contributed by atoms with E-state index in [1.54, 1.807) is 18.2 Å². The molecule has 0 aliphatic rings. The number of benzene rings is 1. The summed E-state index contributed by atoms with van der Waals surface area (Å²) in [7, 11) is 0. The molecule has 0 aliphatic heterocycles. The molecule has 2 amide bonds. The Balaban J connectivity index is 1.80. The van der Waals surface area contributed by atoms with E-state index < -0.39 is 17.9 Å². The molecule has 0 fully saturated rings. The summed E-state index contributed by atoms with van der Waals surface area (Å²) in [5, 5.41) is 14.9. The molecule has 0 saturated carbocycles. The summed E-state index contributed by atoms with van der Waals surface area (Å²) >= 11 is 0. The minimum atomic E-state index is -0.739. The molecule has 2 rings (SSSR count). The summed E-state index contributed by atoms with van der Waals surface area (Å²) in [6.07, 6.45) is 2.46. The third-order valence-corrected chi connectivity index (χ3v) is 3.32. The van der Waals surface area contributed by atoms with Crippen molar-refractivity contribution >= 4 is 17.5 Å². The monoisotopic (exact) mass is 316 g/mol. The molecule has 2 aromatic rings. The van der Waals surface area contributed by atoms with Crippen LogP contribution in [0.5, 0.6) is 0 Å². The van der Waals surface area contributed by atoms with E-state index in [2.05, 4.69) is 10.6 Å². The lowest BCUT2D eigenvalue weighted by Gasteiger charge is -2.10. The van der Waals surface area contributed by atoms with Gasteiger partial charge in [-0.2, -0.15) is 0 Å². The van der Waals surface area contributed by atoms with E-state index in [1.807, 2.05) is 19.9 Å². The molecule has 122 valence electrons. The van der Waals surface area contributed by atoms with Gasteiger partial charge in [-0.3, -0.25) is 9.59 Å². The van der Waals surface area contributed by atoms with Gasteiger partial charge in [-0.25, -0.2) is 0 Å². The molecule has 0 spiro atoms. The fraction of sp³-hybridized carbons (Fsp3) is 0.294. The fourth-order valence-corrected chi connectivity index (χ4v) is 2.27. The van der Waals surface area contributed by atoms with Gasteiger partial charge < -0.3 is 20.2 Å². The number of furan rings is 1. The van der Waals surface area contributed by atoms with Crippen molar-refractivity contribution in [1.29, 1.82) is 0 Å². The van der Waals surface area contributed by atoms with Crippen molar-refractivity contribution in [1.82, 2.24) is 5.32 Å². The highest BCUT2D eigenvalue weighted by Gasteiger charge is 2.15. The molecule has 1 unspecified atom stereocenters. The molecule has 6 heteroatoms. The summed E-state index contributed by atoms with van der Waals surface area (Å²) in [4.78, 5) is 23.6. The number of hydrogen-bond acceptors (Lipinski definition) is 4. The highest BCUT2D eigenvalue weighted by Crippen LogP contribution is 2.16. The van der Waals surface area contributed by atoms with Crippen LogP contribution in [-0.4, -0.2) is 23.5 Å². The van der Waals surface area contributed by atoms with Crippen LogP contribution in [0.1, 0.15) is 29.2 Å². The second kappa shape index (κ2) is 7.60. The van der Waals surface area contributed by atoms with Crippen molar-refractivity contribution in [3.63, 3.8) is 0 Å². The minimum Gasteiger partial charge on any atom is -0.472 e. The first-order valence-electron chi connectivity index (χ1n) is 7.33. The van der Waals surface area contributed by atoms with Crippen LogP contribution in [0.3, 0.4) is 0 Å². The van der Waals surface area contributed by atoms with E-state index in [1.165, 1.54) is 12.5 Å². The molecule has 0 aliphatic carbocycles. The van der Waals surface area contributed by atoms with Gasteiger partial charge in [0.15, 0.2) is 0 Å². The maximum absolute atomic E-state index is 11.8. The van der Waals surface area contributed by atoms with Crippen LogP contribution in [0.2, 0.25) is 0 Å². The molecular formula is C17H20N2O4. The molecule has 0 saturated heterocycles. The normalized spacial score (nSPS) is 11.8. The van der Waals surface area contributed by atoms with Crippen LogP contribution in [0.15, 0.2) is 41.2 Å². The fourth-order valence-electron chi connectivity index (χ4n) is 2.27. The van der Waals surface area contributed by atoms with E-state index in [0.717, 1.165) is 11.1 Å². The summed E-state index contributed by atoms with van der Waals surface area (Å²) < 4.78 is 4.88. The second-order valence-electron chi connectivity index (χ2n) is 5.45. The lowest BCUT2D eigenvalue weighted by Crippen LogP contribution is -2.36. The van der Waals surface area contributed by atoms with Gasteiger partial charge in [0.1, 0.15) is 0 Å². The van der Waals surface area contributed by atoms with Crippen LogP contribution >= 0.6 is 0 Å². The van der Waals surface area contributed by atoms with Gasteiger partial charge in [0.05, 0.1) is 18.6 Å². The number of carbonyl (C=O) groups is 2. The average molecular weight is 316 g/mol. The van der Waals surface area contributed by atoms with Gasteiger partial charge >= 0.3 is 11.8 Å². The van der Waals surface area contributed by atoms with Gasteiger partial charge in [0.25, 0.3) is 0 Å². The number of nitrogens with one attached hydrogen (secondary N) is 2. The number of anilines is 1. The van der Waals surface area contributed by atoms with Crippen LogP contribution in [-0.2, 0) is 9.59 Å². The van der Waals surface area contributed by atoms with E-state index >= 15 is 0 Å². The van der Waals surface area contributed by atoms with E-state index in [-0.39, 0.29) is 6.54 Å². The van der Waals surface area contributed by atoms with Crippen molar-refractivity contribution < 1.29 is 19.1 Å². The third kappa shape index (κ3) is 4.96. The summed E-state index contributed by atoms with van der Waals surface area (Å²) in [5.74, 6) is -1.46. The zero-order valence-electron chi connectivity index (χ0n) is 13.1. The Labute approximate surface area is 134 Å². The van der Waals surface area contributed by atoms with Gasteiger partial charge in [0, 0.05) is 17.8 Å². The number of hydrogen-bond donors (Lipinski definition) is 3. The van der Waals surface area contributed by atoms with Crippen molar-refractivity contribution in [2.45, 2.75) is 26.4 Å². The molecule has 1 aromatic carbocycles. The Kier molecular flexibility index (Phi) is 5.54. The van der Waals surface area contributed by atoms with E-state index in [0.29, 0.717) is 17.7 Å². The molecule has 1 aromatic heterocycles. The molecule has 0 bridgehead atoms. The number of carbonyl (C=O) groups excluding carboxylic acids is 2. The predicted octanol–water partition coefficient (Wildman–Crippen LogP) is 2.07. The van der Waals surface area contributed by atoms with Crippen LogP contribution in [0.4, 0.5) is 5.69 Å². The molecule has 6 nitrogen and oxygen atoms in total. The molecule has 23 heavy (non-hydrogen) atoms. The maximum Gasteiger partial charge on any atom is 0.313 e. The highest BCUT2D eigenvalue weighted by molar-refractivity contribution is 6.39. The van der Waals surface area contributed by atoms with E-state index in [9.17, 15) is 14.7 Å². The zero-order valence-corrected chi connectivity index (χ0v) is 13.1. The molecule has 3 N–H and O–H groups in total. The number of aryl methyl sites for hydroxylation is 2. The quantitative estimate of drug-likeness (QED) is 0.736. The first kappa shape index (κ1) is 16.8. The smallest absolute Gasteiger partial charge is 0.313 e. The molecule has 1 atom stereocenters. The standard InChI is InChI=1S/C17H20N2O4/c1-11-7-12(2)9-14(8-11)19-17(22)16(21)18-5-3-15(20)13-4-6-23-10-13/h4,6-10,15,20H,3,5H2,1-2H3,(H,18,21)(H,19,22). The van der Waals surface area contributed by atoms with Gasteiger partial charge in [-0.05, 0) is 49.6 Å². The van der Waals surface area contributed by atoms with Gasteiger partial charge in [-0.15, -0.1) is 0 Å². The van der Waals surface area contributed by atoms with E-state index in [4.69, 9.17) is 4.42 Å². The van der Waals surface area contributed by atoms with Gasteiger partial charge in [0.2, 0.25) is 0 Å². The Hall–Kier alpha value is -2.60.